The topological polar surface area (TPSA) is 76.4 Å². The number of unbranched alkanes of at least 4 members (excludes halogenated alkanes) is 1. The number of esters is 2. The second-order valence-corrected chi connectivity index (χ2v) is 5.40. The monoisotopic (exact) mass is 351 g/mol. The van der Waals surface area contributed by atoms with Crippen molar-refractivity contribution in [2.75, 3.05) is 13.7 Å². The van der Waals surface area contributed by atoms with Gasteiger partial charge in [-0.3, -0.25) is 0 Å². The molecule has 0 aromatic rings. The molecule has 0 aliphatic rings. The predicted molar refractivity (Wildman–Crippen MR) is 102 cm³/mol. The molecule has 0 rings (SSSR count). The van der Waals surface area contributed by atoms with Gasteiger partial charge >= 0.3 is 11.9 Å². The second kappa shape index (κ2) is 19.7. The van der Waals surface area contributed by atoms with Crippen LogP contribution in [0.1, 0.15) is 53.4 Å². The van der Waals surface area contributed by atoms with E-state index in [2.05, 4.69) is 38.3 Å². The van der Waals surface area contributed by atoms with Crippen LogP contribution in [0, 0.1) is 17.2 Å². The fraction of sp³-hybridized carbons (Fsp3) is 0.550. The minimum atomic E-state index is -0.347. The molecule has 0 saturated heterocycles. The molecule has 0 saturated carbocycles. The highest BCUT2D eigenvalue weighted by molar-refractivity contribution is 5.87. The number of rotatable bonds is 8. The average Bonchev–Trinajstić information content (AvgIpc) is 2.61. The summed E-state index contributed by atoms with van der Waals surface area (Å²) >= 11 is 0. The summed E-state index contributed by atoms with van der Waals surface area (Å²) < 4.78 is 9.39. The summed E-state index contributed by atoms with van der Waals surface area (Å²) in [6.07, 6.45) is 5.81. The Kier molecular flexibility index (Phi) is 21.7. The van der Waals surface area contributed by atoms with E-state index in [-0.39, 0.29) is 11.9 Å². The number of methoxy groups -OCH3 is 1. The Balaban J connectivity index is -0.000000365. The molecule has 5 heteroatoms. The van der Waals surface area contributed by atoms with Crippen LogP contribution in [0.5, 0.6) is 0 Å². The van der Waals surface area contributed by atoms with Gasteiger partial charge in [-0.1, -0.05) is 52.8 Å². The lowest BCUT2D eigenvalue weighted by Crippen LogP contribution is -2.14. The smallest absolute Gasteiger partial charge is 0.333 e. The van der Waals surface area contributed by atoms with Crippen molar-refractivity contribution in [3.05, 3.63) is 37.0 Å². The lowest BCUT2D eigenvalue weighted by molar-refractivity contribution is -0.140. The summed E-state index contributed by atoms with van der Waals surface area (Å²) in [5, 5.41) is 7.51. The first kappa shape index (κ1) is 27.5. The highest BCUT2D eigenvalue weighted by Gasteiger charge is 2.09. The van der Waals surface area contributed by atoms with Crippen molar-refractivity contribution in [3.8, 4) is 6.07 Å². The van der Waals surface area contributed by atoms with Crippen molar-refractivity contribution >= 4 is 11.9 Å². The van der Waals surface area contributed by atoms with Gasteiger partial charge in [0.25, 0.3) is 0 Å². The summed E-state index contributed by atoms with van der Waals surface area (Å²) in [4.78, 5) is 21.3. The van der Waals surface area contributed by atoms with Gasteiger partial charge in [-0.05, 0) is 26.2 Å². The van der Waals surface area contributed by atoms with Crippen molar-refractivity contribution in [2.24, 2.45) is 5.92 Å². The number of carbonyl (C=O) groups is 2. The van der Waals surface area contributed by atoms with Gasteiger partial charge in [-0.25, -0.2) is 9.59 Å². The van der Waals surface area contributed by atoms with E-state index in [4.69, 9.17) is 10.00 Å². The fourth-order valence-corrected chi connectivity index (χ4v) is 1.39. The maximum absolute atomic E-state index is 11.1. The molecule has 0 aromatic heterocycles. The van der Waals surface area contributed by atoms with Crippen LogP contribution >= 0.6 is 0 Å². The maximum atomic E-state index is 11.1. The molecular formula is C20H33NO4. The van der Waals surface area contributed by atoms with Crippen molar-refractivity contribution in [2.45, 2.75) is 53.4 Å². The van der Waals surface area contributed by atoms with Gasteiger partial charge in [0.2, 0.25) is 0 Å². The quantitative estimate of drug-likeness (QED) is 0.358. The molecule has 25 heavy (non-hydrogen) atoms. The van der Waals surface area contributed by atoms with Crippen LogP contribution in [0.2, 0.25) is 0 Å². The van der Waals surface area contributed by atoms with Crippen LogP contribution in [0.25, 0.3) is 0 Å². The molecule has 5 nitrogen and oxygen atoms in total. The van der Waals surface area contributed by atoms with E-state index in [1.54, 1.807) is 19.9 Å². The van der Waals surface area contributed by atoms with Crippen molar-refractivity contribution in [3.63, 3.8) is 0 Å². The molecule has 0 radical (unpaired) electrons. The van der Waals surface area contributed by atoms with Gasteiger partial charge in [-0.2, -0.15) is 5.26 Å². The van der Waals surface area contributed by atoms with Crippen LogP contribution < -0.4 is 0 Å². The van der Waals surface area contributed by atoms with Gasteiger partial charge in [0.15, 0.2) is 0 Å². The number of hydrogen-bond donors (Lipinski definition) is 0. The molecule has 0 fully saturated rings. The first-order chi connectivity index (χ1) is 11.7. The highest BCUT2D eigenvalue weighted by Crippen LogP contribution is 2.13. The summed E-state index contributed by atoms with van der Waals surface area (Å²) in [5.74, 6) is -0.0989. The van der Waals surface area contributed by atoms with E-state index < -0.39 is 0 Å². The molecule has 0 N–H and O–H groups in total. The van der Waals surface area contributed by atoms with Crippen LogP contribution in [0.3, 0.4) is 0 Å². The molecule has 0 aromatic carbocycles. The Morgan fingerprint density at radius 3 is 1.88 bits per heavy atom. The third-order valence-electron chi connectivity index (χ3n) is 2.97. The summed E-state index contributed by atoms with van der Waals surface area (Å²) in [5.41, 5.74) is 0.915. The minimum absolute atomic E-state index is 0.264. The summed E-state index contributed by atoms with van der Waals surface area (Å²) in [6.45, 7) is 18.1. The molecule has 1 unspecified atom stereocenters. The number of allylic oxidation sites excluding steroid dienone is 1. The Morgan fingerprint density at radius 2 is 1.64 bits per heavy atom. The van der Waals surface area contributed by atoms with Crippen LogP contribution in [-0.4, -0.2) is 25.7 Å². The number of carbonyl (C=O) groups excluding carboxylic acids is 2. The molecule has 0 bridgehead atoms. The third kappa shape index (κ3) is 21.6. The van der Waals surface area contributed by atoms with Crippen molar-refractivity contribution in [1.29, 1.82) is 5.26 Å². The van der Waals surface area contributed by atoms with Gasteiger partial charge in [0.05, 0.1) is 19.8 Å². The highest BCUT2D eigenvalue weighted by atomic mass is 16.5. The molecular weight excluding hydrogens is 318 g/mol. The molecule has 0 aliphatic carbocycles. The average molecular weight is 351 g/mol. The lowest BCUT2D eigenvalue weighted by atomic mass is 10.0. The van der Waals surface area contributed by atoms with Crippen molar-refractivity contribution in [1.82, 2.24) is 0 Å². The lowest BCUT2D eigenvalue weighted by Gasteiger charge is -2.14. The van der Waals surface area contributed by atoms with Gasteiger partial charge in [-0.15, -0.1) is 0 Å². The van der Waals surface area contributed by atoms with E-state index >= 15 is 0 Å². The van der Waals surface area contributed by atoms with E-state index in [9.17, 15) is 9.59 Å². The van der Waals surface area contributed by atoms with E-state index in [0.29, 0.717) is 23.7 Å². The standard InChI is InChI=1S/C12H22O2.C5H8O2.C3H3N/c1-5-7-8-11(6-2)9-14-12(13)10(3)4;1-4(2)5(6)7-3;1-2-3-4/h11H,3,5-9H2,1-2,4H3;1H2,2-3H3;2H,1H2. The number of nitrogens with zero attached hydrogens (tertiary/aromatic N) is 1. The summed E-state index contributed by atoms with van der Waals surface area (Å²) in [7, 11) is 1.33. The second-order valence-electron chi connectivity index (χ2n) is 5.40. The van der Waals surface area contributed by atoms with E-state index in [1.165, 1.54) is 26.0 Å². The van der Waals surface area contributed by atoms with Crippen LogP contribution in [0.4, 0.5) is 0 Å². The predicted octanol–water partition coefficient (Wildman–Crippen LogP) is 4.75. The molecule has 0 spiro atoms. The number of nitriles is 1. The third-order valence-corrected chi connectivity index (χ3v) is 2.97. The largest absolute Gasteiger partial charge is 0.466 e. The maximum Gasteiger partial charge on any atom is 0.333 e. The summed E-state index contributed by atoms with van der Waals surface area (Å²) in [6, 6.07) is 1.69. The van der Waals surface area contributed by atoms with Gasteiger partial charge in [0, 0.05) is 17.2 Å². The zero-order valence-corrected chi connectivity index (χ0v) is 16.4. The van der Waals surface area contributed by atoms with E-state index in [1.807, 2.05) is 0 Å². The van der Waals surface area contributed by atoms with E-state index in [0.717, 1.165) is 12.8 Å². The molecule has 0 heterocycles. The van der Waals surface area contributed by atoms with Gasteiger partial charge in [0.1, 0.15) is 0 Å². The fourth-order valence-electron chi connectivity index (χ4n) is 1.39. The van der Waals surface area contributed by atoms with Crippen LogP contribution in [0.15, 0.2) is 37.0 Å². The first-order valence-electron chi connectivity index (χ1n) is 8.28. The normalized spacial score (nSPS) is 9.60. The number of ether oxygens (including phenoxy) is 2. The number of hydrogen-bond acceptors (Lipinski definition) is 5. The molecule has 142 valence electrons. The SMILES string of the molecule is C=C(C)C(=O)OC.C=C(C)C(=O)OCC(CC)CCCC.C=CC#N. The van der Waals surface area contributed by atoms with Crippen LogP contribution in [-0.2, 0) is 19.1 Å². The Bertz CT molecular complexity index is 461. The van der Waals surface area contributed by atoms with Crippen molar-refractivity contribution < 1.29 is 19.1 Å². The Morgan fingerprint density at radius 1 is 1.16 bits per heavy atom. The zero-order chi connectivity index (χ0) is 20.3. The Labute approximate surface area is 153 Å². The molecule has 1 atom stereocenters. The Hall–Kier alpha value is -2.35. The molecule has 0 amide bonds. The van der Waals surface area contributed by atoms with Gasteiger partial charge < -0.3 is 9.47 Å². The zero-order valence-electron chi connectivity index (χ0n) is 16.4. The molecule has 0 aliphatic heterocycles. The minimum Gasteiger partial charge on any atom is -0.466 e. The first-order valence-corrected chi connectivity index (χ1v) is 8.28.